The molecule has 0 spiro atoms. The van der Waals surface area contributed by atoms with Crippen LogP contribution in [0, 0.1) is 0 Å². The average Bonchev–Trinajstić information content (AvgIpc) is 2.49. The molecule has 7 heteroatoms. The predicted molar refractivity (Wildman–Crippen MR) is 80.5 cm³/mol. The van der Waals surface area contributed by atoms with Gasteiger partial charge in [0.2, 0.25) is 5.91 Å². The lowest BCUT2D eigenvalue weighted by atomic mass is 10.1. The van der Waals surface area contributed by atoms with Gasteiger partial charge in [0, 0.05) is 23.7 Å². The summed E-state index contributed by atoms with van der Waals surface area (Å²) in [6.07, 6.45) is -0.154. The molecule has 0 aromatic heterocycles. The van der Waals surface area contributed by atoms with Gasteiger partial charge in [0.15, 0.2) is 0 Å². The van der Waals surface area contributed by atoms with Gasteiger partial charge in [0.1, 0.15) is 6.04 Å². The Hall–Kier alpha value is -2.08. The molecule has 0 radical (unpaired) electrons. The minimum absolute atomic E-state index is 0.154. The first kappa shape index (κ1) is 16.3. The summed E-state index contributed by atoms with van der Waals surface area (Å²) < 4.78 is 4.87. The Balaban J connectivity index is 2.17. The Morgan fingerprint density at radius 2 is 2.05 bits per heavy atom. The number of carbonyl (C=O) groups is 3. The number of amides is 2. The van der Waals surface area contributed by atoms with Crippen LogP contribution < -0.4 is 5.32 Å². The van der Waals surface area contributed by atoms with Crippen molar-refractivity contribution in [3.63, 3.8) is 0 Å². The maximum Gasteiger partial charge on any atom is 0.308 e. The first-order chi connectivity index (χ1) is 10.5. The van der Waals surface area contributed by atoms with Crippen molar-refractivity contribution in [1.82, 2.24) is 10.2 Å². The summed E-state index contributed by atoms with van der Waals surface area (Å²) in [4.78, 5) is 37.6. The molecule has 22 heavy (non-hydrogen) atoms. The van der Waals surface area contributed by atoms with Crippen molar-refractivity contribution in [2.24, 2.45) is 0 Å². The maximum atomic E-state index is 12.6. The molecule has 1 aromatic carbocycles. The van der Waals surface area contributed by atoms with Crippen LogP contribution in [0.2, 0.25) is 5.02 Å². The van der Waals surface area contributed by atoms with Gasteiger partial charge in [-0.3, -0.25) is 14.4 Å². The number of halogens is 1. The number of esters is 1. The summed E-state index contributed by atoms with van der Waals surface area (Å²) in [5, 5.41) is 3.19. The Kier molecular flexibility index (Phi) is 5.38. The first-order valence-corrected chi connectivity index (χ1v) is 7.40. The van der Waals surface area contributed by atoms with E-state index >= 15 is 0 Å². The third-order valence-electron chi connectivity index (χ3n) is 3.35. The SMILES string of the molecule is CCOC(=O)C[C@@H]1C(=O)NCCN1C(=O)c1ccc(Cl)cc1. The minimum Gasteiger partial charge on any atom is -0.466 e. The van der Waals surface area contributed by atoms with E-state index in [4.69, 9.17) is 16.3 Å². The molecule has 1 aromatic rings. The number of ether oxygens (including phenoxy) is 1. The lowest BCUT2D eigenvalue weighted by molar-refractivity contribution is -0.147. The van der Waals surface area contributed by atoms with Crippen molar-refractivity contribution in [2.45, 2.75) is 19.4 Å². The molecule has 0 aliphatic carbocycles. The lowest BCUT2D eigenvalue weighted by Gasteiger charge is -2.34. The van der Waals surface area contributed by atoms with Gasteiger partial charge in [-0.1, -0.05) is 11.6 Å². The second-order valence-electron chi connectivity index (χ2n) is 4.82. The van der Waals surface area contributed by atoms with Gasteiger partial charge in [-0.15, -0.1) is 0 Å². The van der Waals surface area contributed by atoms with Gasteiger partial charge in [0.05, 0.1) is 13.0 Å². The molecule has 6 nitrogen and oxygen atoms in total. The molecular formula is C15H17ClN2O4. The molecule has 0 bridgehead atoms. The van der Waals surface area contributed by atoms with Crippen molar-refractivity contribution in [2.75, 3.05) is 19.7 Å². The normalized spacial score (nSPS) is 17.8. The van der Waals surface area contributed by atoms with Crippen LogP contribution in [0.4, 0.5) is 0 Å². The second kappa shape index (κ2) is 7.26. The zero-order valence-corrected chi connectivity index (χ0v) is 12.9. The zero-order valence-electron chi connectivity index (χ0n) is 12.2. The number of piperazine rings is 1. The van der Waals surface area contributed by atoms with Crippen LogP contribution in [0.25, 0.3) is 0 Å². The smallest absolute Gasteiger partial charge is 0.308 e. The number of hydrogen-bond donors (Lipinski definition) is 1. The number of nitrogens with zero attached hydrogens (tertiary/aromatic N) is 1. The molecule has 1 atom stereocenters. The fourth-order valence-electron chi connectivity index (χ4n) is 2.30. The largest absolute Gasteiger partial charge is 0.466 e. The molecule has 1 N–H and O–H groups in total. The summed E-state index contributed by atoms with van der Waals surface area (Å²) in [6, 6.07) is 5.56. The van der Waals surface area contributed by atoms with E-state index in [0.29, 0.717) is 23.7 Å². The average molecular weight is 325 g/mol. The van der Waals surface area contributed by atoms with Crippen LogP contribution in [0.15, 0.2) is 24.3 Å². The van der Waals surface area contributed by atoms with E-state index in [2.05, 4.69) is 5.32 Å². The second-order valence-corrected chi connectivity index (χ2v) is 5.26. The summed E-state index contributed by atoms with van der Waals surface area (Å²) in [7, 11) is 0. The predicted octanol–water partition coefficient (Wildman–Crippen LogP) is 1.23. The molecule has 2 amide bonds. The van der Waals surface area contributed by atoms with Gasteiger partial charge < -0.3 is 15.0 Å². The molecule has 1 aliphatic rings. The van der Waals surface area contributed by atoms with Crippen LogP contribution in [0.3, 0.4) is 0 Å². The quantitative estimate of drug-likeness (QED) is 0.845. The summed E-state index contributed by atoms with van der Waals surface area (Å²) in [5.41, 5.74) is 0.424. The number of carbonyl (C=O) groups excluding carboxylic acids is 3. The number of nitrogens with one attached hydrogen (secondary N) is 1. The Labute approximate surface area is 133 Å². The van der Waals surface area contributed by atoms with Gasteiger partial charge in [-0.25, -0.2) is 0 Å². The number of hydrogen-bond acceptors (Lipinski definition) is 4. The molecular weight excluding hydrogens is 308 g/mol. The summed E-state index contributed by atoms with van der Waals surface area (Å²) >= 11 is 5.81. The fourth-order valence-corrected chi connectivity index (χ4v) is 2.42. The molecule has 1 aliphatic heterocycles. The highest BCUT2D eigenvalue weighted by atomic mass is 35.5. The van der Waals surface area contributed by atoms with E-state index in [1.807, 2.05) is 0 Å². The van der Waals surface area contributed by atoms with Crippen molar-refractivity contribution in [3.05, 3.63) is 34.9 Å². The van der Waals surface area contributed by atoms with Gasteiger partial charge >= 0.3 is 5.97 Å². The first-order valence-electron chi connectivity index (χ1n) is 7.02. The Morgan fingerprint density at radius 1 is 1.36 bits per heavy atom. The van der Waals surface area contributed by atoms with Crippen molar-refractivity contribution >= 4 is 29.4 Å². The monoisotopic (exact) mass is 324 g/mol. The zero-order chi connectivity index (χ0) is 16.1. The highest BCUT2D eigenvalue weighted by Gasteiger charge is 2.35. The summed E-state index contributed by atoms with van der Waals surface area (Å²) in [5.74, 6) is -1.15. The highest BCUT2D eigenvalue weighted by Crippen LogP contribution is 2.16. The third-order valence-corrected chi connectivity index (χ3v) is 3.60. The van der Waals surface area contributed by atoms with E-state index in [1.54, 1.807) is 31.2 Å². The Bertz CT molecular complexity index is 573. The van der Waals surface area contributed by atoms with E-state index in [-0.39, 0.29) is 24.8 Å². The molecule has 1 saturated heterocycles. The maximum absolute atomic E-state index is 12.6. The van der Waals surface area contributed by atoms with E-state index in [0.717, 1.165) is 0 Å². The van der Waals surface area contributed by atoms with Crippen molar-refractivity contribution in [1.29, 1.82) is 0 Å². The van der Waals surface area contributed by atoms with Crippen molar-refractivity contribution in [3.8, 4) is 0 Å². The van der Waals surface area contributed by atoms with E-state index in [1.165, 1.54) is 4.90 Å². The summed E-state index contributed by atoms with van der Waals surface area (Å²) in [6.45, 7) is 2.63. The van der Waals surface area contributed by atoms with Crippen LogP contribution in [0.1, 0.15) is 23.7 Å². The molecule has 0 unspecified atom stereocenters. The van der Waals surface area contributed by atoms with Crippen LogP contribution >= 0.6 is 11.6 Å². The number of rotatable bonds is 4. The van der Waals surface area contributed by atoms with Crippen LogP contribution in [-0.2, 0) is 14.3 Å². The third kappa shape index (κ3) is 3.76. The Morgan fingerprint density at radius 3 is 2.68 bits per heavy atom. The fraction of sp³-hybridized carbons (Fsp3) is 0.400. The van der Waals surface area contributed by atoms with E-state index in [9.17, 15) is 14.4 Å². The highest BCUT2D eigenvalue weighted by molar-refractivity contribution is 6.30. The van der Waals surface area contributed by atoms with E-state index < -0.39 is 12.0 Å². The van der Waals surface area contributed by atoms with Gasteiger partial charge in [-0.2, -0.15) is 0 Å². The molecule has 1 heterocycles. The van der Waals surface area contributed by atoms with Crippen LogP contribution in [-0.4, -0.2) is 48.4 Å². The molecule has 0 saturated carbocycles. The molecule has 118 valence electrons. The standard InChI is InChI=1S/C15H17ClN2O4/c1-2-22-13(19)9-12-14(20)17-7-8-18(12)15(21)10-3-5-11(16)6-4-10/h3-6,12H,2,7-9H2,1H3,(H,17,20)/t12-/m1/s1. The van der Waals surface area contributed by atoms with Gasteiger partial charge in [0.25, 0.3) is 5.91 Å². The number of benzene rings is 1. The molecule has 1 fully saturated rings. The molecule has 2 rings (SSSR count). The van der Waals surface area contributed by atoms with Crippen LogP contribution in [0.5, 0.6) is 0 Å². The topological polar surface area (TPSA) is 75.7 Å². The van der Waals surface area contributed by atoms with Crippen molar-refractivity contribution < 1.29 is 19.1 Å². The van der Waals surface area contributed by atoms with Gasteiger partial charge in [-0.05, 0) is 31.2 Å². The minimum atomic E-state index is -0.851. The lowest BCUT2D eigenvalue weighted by Crippen LogP contribution is -2.57.